The van der Waals surface area contributed by atoms with Crippen LogP contribution < -0.4 is 5.32 Å². The number of amides is 1. The Kier molecular flexibility index (Phi) is 3.45. The van der Waals surface area contributed by atoms with Crippen molar-refractivity contribution in [2.24, 2.45) is 0 Å². The average molecular weight is 267 g/mol. The normalized spacial score (nSPS) is 33.4. The number of hydrogen-bond donors (Lipinski definition) is 2. The number of nitrogens with one attached hydrogen (secondary N) is 1. The van der Waals surface area contributed by atoms with Gasteiger partial charge in [0.1, 0.15) is 0 Å². The van der Waals surface area contributed by atoms with E-state index in [1.54, 1.807) is 0 Å². The van der Waals surface area contributed by atoms with Crippen LogP contribution in [-0.4, -0.2) is 71.1 Å². The number of carboxylic acids is 1. The zero-order chi connectivity index (χ0) is 13.4. The predicted molar refractivity (Wildman–Crippen MR) is 68.8 cm³/mol. The van der Waals surface area contributed by atoms with Gasteiger partial charge in [-0.05, 0) is 19.3 Å². The second kappa shape index (κ2) is 5.09. The van der Waals surface area contributed by atoms with Gasteiger partial charge in [-0.2, -0.15) is 0 Å². The van der Waals surface area contributed by atoms with Crippen molar-refractivity contribution in [3.8, 4) is 0 Å². The van der Waals surface area contributed by atoms with Crippen molar-refractivity contribution in [1.29, 1.82) is 0 Å². The molecule has 3 fully saturated rings. The van der Waals surface area contributed by atoms with Crippen molar-refractivity contribution < 1.29 is 14.7 Å². The molecule has 2 heterocycles. The van der Waals surface area contributed by atoms with Crippen molar-refractivity contribution in [2.75, 3.05) is 26.2 Å². The molecule has 2 saturated heterocycles. The maximum absolute atomic E-state index is 11.9. The van der Waals surface area contributed by atoms with E-state index in [0.29, 0.717) is 12.6 Å². The number of carbonyl (C=O) groups is 2. The van der Waals surface area contributed by atoms with Crippen LogP contribution in [0, 0.1) is 0 Å². The molecular weight excluding hydrogens is 246 g/mol. The molecule has 0 radical (unpaired) electrons. The Morgan fingerprint density at radius 1 is 1.26 bits per heavy atom. The Morgan fingerprint density at radius 3 is 2.74 bits per heavy atom. The van der Waals surface area contributed by atoms with Crippen LogP contribution in [0.3, 0.4) is 0 Å². The summed E-state index contributed by atoms with van der Waals surface area (Å²) < 4.78 is 0. The van der Waals surface area contributed by atoms with Gasteiger partial charge in [-0.15, -0.1) is 0 Å². The second-order valence-corrected chi connectivity index (χ2v) is 5.81. The monoisotopic (exact) mass is 267 g/mol. The predicted octanol–water partition coefficient (Wildman–Crippen LogP) is -0.502. The van der Waals surface area contributed by atoms with E-state index in [0.717, 1.165) is 32.1 Å². The first kappa shape index (κ1) is 12.9. The minimum absolute atomic E-state index is 0.0915. The van der Waals surface area contributed by atoms with Gasteiger partial charge in [0, 0.05) is 38.3 Å². The topological polar surface area (TPSA) is 72.9 Å². The van der Waals surface area contributed by atoms with Gasteiger partial charge in [-0.25, -0.2) is 0 Å². The van der Waals surface area contributed by atoms with E-state index in [-0.39, 0.29) is 12.3 Å². The van der Waals surface area contributed by atoms with Gasteiger partial charge < -0.3 is 10.4 Å². The van der Waals surface area contributed by atoms with Crippen LogP contribution >= 0.6 is 0 Å². The molecule has 2 aliphatic heterocycles. The van der Waals surface area contributed by atoms with Gasteiger partial charge >= 0.3 is 5.97 Å². The second-order valence-electron chi connectivity index (χ2n) is 5.81. The van der Waals surface area contributed by atoms with Crippen LogP contribution in [0.5, 0.6) is 0 Å². The number of carboxylic acid groups (broad SMARTS) is 1. The van der Waals surface area contributed by atoms with Gasteiger partial charge in [0.15, 0.2) is 0 Å². The Labute approximate surface area is 112 Å². The van der Waals surface area contributed by atoms with Gasteiger partial charge in [0.2, 0.25) is 5.91 Å². The summed E-state index contributed by atoms with van der Waals surface area (Å²) in [5, 5.41) is 11.8. The highest BCUT2D eigenvalue weighted by Crippen LogP contribution is 2.32. The first-order chi connectivity index (χ1) is 9.15. The van der Waals surface area contributed by atoms with Crippen LogP contribution in [0.15, 0.2) is 0 Å². The lowest BCUT2D eigenvalue weighted by molar-refractivity contribution is -0.143. The van der Waals surface area contributed by atoms with E-state index in [9.17, 15) is 9.59 Å². The molecule has 1 aliphatic carbocycles. The lowest BCUT2D eigenvalue weighted by atomic mass is 10.0. The standard InChI is InChI=1S/C13H21N3O3/c17-12(18)7-11-13(19)14-4-6-16(11)10-3-5-15(8-10)9-1-2-9/h9-11H,1-8H2,(H,14,19)(H,17,18). The van der Waals surface area contributed by atoms with E-state index in [1.165, 1.54) is 12.8 Å². The molecule has 6 heteroatoms. The van der Waals surface area contributed by atoms with Crippen molar-refractivity contribution in [3.63, 3.8) is 0 Å². The smallest absolute Gasteiger partial charge is 0.305 e. The molecule has 2 N–H and O–H groups in total. The van der Waals surface area contributed by atoms with Crippen molar-refractivity contribution in [1.82, 2.24) is 15.1 Å². The summed E-state index contributed by atoms with van der Waals surface area (Å²) in [5.74, 6) is -1.03. The lowest BCUT2D eigenvalue weighted by Gasteiger charge is -2.38. The summed E-state index contributed by atoms with van der Waals surface area (Å²) >= 11 is 0. The molecule has 0 aromatic heterocycles. The third kappa shape index (κ3) is 2.74. The number of carbonyl (C=O) groups excluding carboxylic acids is 1. The fraction of sp³-hybridized carbons (Fsp3) is 0.846. The first-order valence-corrected chi connectivity index (χ1v) is 7.14. The van der Waals surface area contributed by atoms with E-state index in [1.807, 2.05) is 0 Å². The molecule has 3 rings (SSSR count). The Balaban J connectivity index is 1.66. The number of hydrogen-bond acceptors (Lipinski definition) is 4. The van der Waals surface area contributed by atoms with Crippen molar-refractivity contribution >= 4 is 11.9 Å². The molecule has 2 atom stereocenters. The van der Waals surface area contributed by atoms with E-state index < -0.39 is 12.0 Å². The van der Waals surface area contributed by atoms with Gasteiger partial charge in [0.05, 0.1) is 12.5 Å². The third-order valence-corrected chi connectivity index (χ3v) is 4.47. The zero-order valence-electron chi connectivity index (χ0n) is 11.0. The van der Waals surface area contributed by atoms with Gasteiger partial charge in [-0.1, -0.05) is 0 Å². The summed E-state index contributed by atoms with van der Waals surface area (Å²) in [6, 6.07) is 0.605. The minimum Gasteiger partial charge on any atom is -0.481 e. The molecule has 0 bridgehead atoms. The van der Waals surface area contributed by atoms with Crippen LogP contribution in [0.2, 0.25) is 0 Å². The maximum atomic E-state index is 11.9. The van der Waals surface area contributed by atoms with Crippen LogP contribution in [0.4, 0.5) is 0 Å². The quantitative estimate of drug-likeness (QED) is 0.718. The molecule has 2 unspecified atom stereocenters. The lowest BCUT2D eigenvalue weighted by Crippen LogP contribution is -2.59. The van der Waals surface area contributed by atoms with Gasteiger partial charge in [0.25, 0.3) is 0 Å². The van der Waals surface area contributed by atoms with Crippen LogP contribution in [0.25, 0.3) is 0 Å². The minimum atomic E-state index is -0.899. The molecular formula is C13H21N3O3. The van der Waals surface area contributed by atoms with Crippen molar-refractivity contribution in [3.05, 3.63) is 0 Å². The molecule has 6 nitrogen and oxygen atoms in total. The van der Waals surface area contributed by atoms with Crippen LogP contribution in [-0.2, 0) is 9.59 Å². The molecule has 0 spiro atoms. The Hall–Kier alpha value is -1.14. The summed E-state index contributed by atoms with van der Waals surface area (Å²) in [6.45, 7) is 3.49. The molecule has 106 valence electrons. The number of rotatable bonds is 4. The molecule has 3 aliphatic rings. The van der Waals surface area contributed by atoms with E-state index in [4.69, 9.17) is 5.11 Å². The van der Waals surface area contributed by atoms with Crippen LogP contribution in [0.1, 0.15) is 25.7 Å². The highest BCUT2D eigenvalue weighted by molar-refractivity contribution is 5.86. The van der Waals surface area contributed by atoms with Crippen molar-refractivity contribution in [2.45, 2.75) is 43.8 Å². The number of piperazine rings is 1. The number of likely N-dealkylation sites (tertiary alicyclic amines) is 1. The highest BCUT2D eigenvalue weighted by atomic mass is 16.4. The fourth-order valence-electron chi connectivity index (χ4n) is 3.36. The number of nitrogens with zero attached hydrogens (tertiary/aromatic N) is 2. The molecule has 19 heavy (non-hydrogen) atoms. The van der Waals surface area contributed by atoms with Gasteiger partial charge in [-0.3, -0.25) is 19.4 Å². The first-order valence-electron chi connectivity index (χ1n) is 7.14. The maximum Gasteiger partial charge on any atom is 0.305 e. The van der Waals surface area contributed by atoms with E-state index in [2.05, 4.69) is 15.1 Å². The molecule has 1 amide bonds. The highest BCUT2D eigenvalue weighted by Gasteiger charge is 2.41. The SMILES string of the molecule is O=C(O)CC1C(=O)NCCN1C1CCN(C2CC2)C1. The molecule has 0 aromatic carbocycles. The summed E-state index contributed by atoms with van der Waals surface area (Å²) in [7, 11) is 0. The Morgan fingerprint density at radius 2 is 2.05 bits per heavy atom. The average Bonchev–Trinajstić information content (AvgIpc) is 3.10. The summed E-state index contributed by atoms with van der Waals surface area (Å²) in [5.41, 5.74) is 0. The largest absolute Gasteiger partial charge is 0.481 e. The summed E-state index contributed by atoms with van der Waals surface area (Å²) in [4.78, 5) is 27.4. The zero-order valence-corrected chi connectivity index (χ0v) is 11.0. The van der Waals surface area contributed by atoms with E-state index >= 15 is 0 Å². The molecule has 0 aromatic rings. The summed E-state index contributed by atoms with van der Waals surface area (Å²) in [6.07, 6.45) is 3.56. The Bertz CT molecular complexity index is 383. The fourth-order valence-corrected chi connectivity index (χ4v) is 3.36. The number of aliphatic carboxylic acids is 1. The third-order valence-electron chi connectivity index (χ3n) is 4.47. The molecule has 1 saturated carbocycles.